The molecule has 1 N–H and O–H groups in total. The average Bonchev–Trinajstić information content (AvgIpc) is 2.54. The van der Waals surface area contributed by atoms with Crippen LogP contribution in [0.4, 0.5) is 0 Å². The normalized spacial score (nSPS) is 12.0. The summed E-state index contributed by atoms with van der Waals surface area (Å²) in [4.78, 5) is 4.49. The monoisotopic (exact) mass is 286 g/mol. The number of hydrogen-bond donors (Lipinski definition) is 1. The van der Waals surface area contributed by atoms with Gasteiger partial charge in [-0.1, -0.05) is 13.8 Å². The van der Waals surface area contributed by atoms with E-state index in [0.717, 1.165) is 35.9 Å². The standard InChI is InChI=1S/C17H22N2O2/c1-4-16(18-5-2)17-11-10-15(12-19-17)21-14-8-6-13(20-3)7-9-14/h6-12,16,18H,4-5H2,1-3H3. The molecule has 0 spiro atoms. The van der Waals surface area contributed by atoms with E-state index < -0.39 is 0 Å². The summed E-state index contributed by atoms with van der Waals surface area (Å²) < 4.78 is 10.9. The Labute approximate surface area is 126 Å². The van der Waals surface area contributed by atoms with E-state index in [1.807, 2.05) is 36.4 Å². The lowest BCUT2D eigenvalue weighted by molar-refractivity contribution is 0.412. The topological polar surface area (TPSA) is 43.4 Å². The number of nitrogens with zero attached hydrogens (tertiary/aromatic N) is 1. The highest BCUT2D eigenvalue weighted by molar-refractivity contribution is 5.34. The van der Waals surface area contributed by atoms with Gasteiger partial charge in [0.15, 0.2) is 0 Å². The summed E-state index contributed by atoms with van der Waals surface area (Å²) in [5.41, 5.74) is 1.04. The largest absolute Gasteiger partial charge is 0.497 e. The summed E-state index contributed by atoms with van der Waals surface area (Å²) in [5.74, 6) is 2.31. The SMILES string of the molecule is CCNC(CC)c1ccc(Oc2ccc(OC)cc2)cn1. The summed E-state index contributed by atoms with van der Waals surface area (Å²) >= 11 is 0. The Morgan fingerprint density at radius 2 is 1.67 bits per heavy atom. The quantitative estimate of drug-likeness (QED) is 0.837. The van der Waals surface area contributed by atoms with E-state index in [9.17, 15) is 0 Å². The van der Waals surface area contributed by atoms with Crippen LogP contribution in [0.2, 0.25) is 0 Å². The fraction of sp³-hybridized carbons (Fsp3) is 0.353. The maximum absolute atomic E-state index is 5.77. The first-order valence-corrected chi connectivity index (χ1v) is 7.28. The number of hydrogen-bond acceptors (Lipinski definition) is 4. The fourth-order valence-corrected chi connectivity index (χ4v) is 2.14. The second-order valence-corrected chi connectivity index (χ2v) is 4.71. The van der Waals surface area contributed by atoms with Crippen LogP contribution >= 0.6 is 0 Å². The third kappa shape index (κ3) is 4.20. The van der Waals surface area contributed by atoms with Gasteiger partial charge in [-0.25, -0.2) is 0 Å². The minimum Gasteiger partial charge on any atom is -0.497 e. The van der Waals surface area contributed by atoms with Crippen LogP contribution in [0.3, 0.4) is 0 Å². The molecule has 1 unspecified atom stereocenters. The van der Waals surface area contributed by atoms with Crippen molar-refractivity contribution in [2.75, 3.05) is 13.7 Å². The molecule has 4 nitrogen and oxygen atoms in total. The zero-order valence-electron chi connectivity index (χ0n) is 12.8. The highest BCUT2D eigenvalue weighted by Gasteiger charge is 2.09. The molecule has 4 heteroatoms. The highest BCUT2D eigenvalue weighted by atomic mass is 16.5. The van der Waals surface area contributed by atoms with E-state index in [0.29, 0.717) is 6.04 Å². The lowest BCUT2D eigenvalue weighted by Crippen LogP contribution is -2.20. The molecule has 1 aromatic heterocycles. The van der Waals surface area contributed by atoms with Gasteiger partial charge in [0.25, 0.3) is 0 Å². The Kier molecular flexibility index (Phi) is 5.58. The van der Waals surface area contributed by atoms with E-state index in [1.54, 1.807) is 13.3 Å². The zero-order valence-corrected chi connectivity index (χ0v) is 12.8. The number of aromatic nitrogens is 1. The molecule has 0 bridgehead atoms. The van der Waals surface area contributed by atoms with Crippen molar-refractivity contribution < 1.29 is 9.47 Å². The molecule has 2 aromatic rings. The number of nitrogens with one attached hydrogen (secondary N) is 1. The van der Waals surface area contributed by atoms with Gasteiger partial charge in [-0.2, -0.15) is 0 Å². The smallest absolute Gasteiger partial charge is 0.145 e. The lowest BCUT2D eigenvalue weighted by Gasteiger charge is -2.15. The van der Waals surface area contributed by atoms with Crippen LogP contribution in [-0.4, -0.2) is 18.6 Å². The predicted molar refractivity (Wildman–Crippen MR) is 84.0 cm³/mol. The van der Waals surface area contributed by atoms with Crippen LogP contribution in [0, 0.1) is 0 Å². The number of ether oxygens (including phenoxy) is 2. The molecule has 112 valence electrons. The molecule has 0 fully saturated rings. The van der Waals surface area contributed by atoms with Crippen LogP contribution in [0.1, 0.15) is 32.0 Å². The summed E-state index contributed by atoms with van der Waals surface area (Å²) in [5, 5.41) is 3.41. The molecule has 1 heterocycles. The van der Waals surface area contributed by atoms with Crippen LogP contribution in [-0.2, 0) is 0 Å². The molecular formula is C17H22N2O2. The van der Waals surface area contributed by atoms with Crippen molar-refractivity contribution >= 4 is 0 Å². The third-order valence-corrected chi connectivity index (χ3v) is 3.27. The zero-order chi connectivity index (χ0) is 15.1. The number of benzene rings is 1. The van der Waals surface area contributed by atoms with Gasteiger partial charge >= 0.3 is 0 Å². The summed E-state index contributed by atoms with van der Waals surface area (Å²) in [7, 11) is 1.65. The first-order valence-electron chi connectivity index (χ1n) is 7.28. The first kappa shape index (κ1) is 15.3. The van der Waals surface area contributed by atoms with E-state index in [4.69, 9.17) is 9.47 Å². The minimum atomic E-state index is 0.296. The lowest BCUT2D eigenvalue weighted by atomic mass is 10.1. The van der Waals surface area contributed by atoms with Crippen molar-refractivity contribution in [3.63, 3.8) is 0 Å². The molecule has 1 aromatic carbocycles. The molecule has 0 aliphatic rings. The minimum absolute atomic E-state index is 0.296. The van der Waals surface area contributed by atoms with Gasteiger partial charge in [0.05, 0.1) is 19.0 Å². The van der Waals surface area contributed by atoms with Crippen LogP contribution in [0.25, 0.3) is 0 Å². The molecule has 2 rings (SSSR count). The van der Waals surface area contributed by atoms with Crippen LogP contribution in [0.15, 0.2) is 42.6 Å². The average molecular weight is 286 g/mol. The number of methoxy groups -OCH3 is 1. The number of pyridine rings is 1. The molecule has 0 aliphatic heterocycles. The second-order valence-electron chi connectivity index (χ2n) is 4.71. The highest BCUT2D eigenvalue weighted by Crippen LogP contribution is 2.24. The molecule has 0 saturated heterocycles. The van der Waals surface area contributed by atoms with Crippen LogP contribution < -0.4 is 14.8 Å². The maximum atomic E-state index is 5.77. The van der Waals surface area contributed by atoms with Gasteiger partial charge in [-0.05, 0) is 49.4 Å². The van der Waals surface area contributed by atoms with E-state index >= 15 is 0 Å². The van der Waals surface area contributed by atoms with Crippen molar-refractivity contribution in [1.82, 2.24) is 10.3 Å². The predicted octanol–water partition coefficient (Wildman–Crippen LogP) is 3.94. The van der Waals surface area contributed by atoms with Gasteiger partial charge in [-0.15, -0.1) is 0 Å². The molecule has 0 amide bonds. The Morgan fingerprint density at radius 1 is 1.00 bits per heavy atom. The second kappa shape index (κ2) is 7.64. The molecule has 0 saturated carbocycles. The summed E-state index contributed by atoms with van der Waals surface area (Å²) in [6.45, 7) is 5.19. The Balaban J connectivity index is 2.04. The van der Waals surface area contributed by atoms with E-state index in [2.05, 4.69) is 24.1 Å². The van der Waals surface area contributed by atoms with E-state index in [1.165, 1.54) is 0 Å². The van der Waals surface area contributed by atoms with Crippen molar-refractivity contribution in [1.29, 1.82) is 0 Å². The van der Waals surface area contributed by atoms with Gasteiger partial charge in [0, 0.05) is 6.04 Å². The Morgan fingerprint density at radius 3 is 2.19 bits per heavy atom. The van der Waals surface area contributed by atoms with Gasteiger partial charge in [-0.3, -0.25) is 4.98 Å². The van der Waals surface area contributed by atoms with E-state index in [-0.39, 0.29) is 0 Å². The molecule has 21 heavy (non-hydrogen) atoms. The van der Waals surface area contributed by atoms with Crippen molar-refractivity contribution in [2.24, 2.45) is 0 Å². The van der Waals surface area contributed by atoms with Crippen LogP contribution in [0.5, 0.6) is 17.2 Å². The molecule has 0 aliphatic carbocycles. The molecular weight excluding hydrogens is 264 g/mol. The van der Waals surface area contributed by atoms with Crippen molar-refractivity contribution in [2.45, 2.75) is 26.3 Å². The number of rotatable bonds is 7. The summed E-state index contributed by atoms with van der Waals surface area (Å²) in [6.07, 6.45) is 2.78. The Hall–Kier alpha value is -2.07. The third-order valence-electron chi connectivity index (χ3n) is 3.27. The van der Waals surface area contributed by atoms with Gasteiger partial charge in [0.1, 0.15) is 17.2 Å². The van der Waals surface area contributed by atoms with Gasteiger partial charge in [0.2, 0.25) is 0 Å². The summed E-state index contributed by atoms with van der Waals surface area (Å²) in [6, 6.07) is 11.7. The van der Waals surface area contributed by atoms with Crippen molar-refractivity contribution in [3.05, 3.63) is 48.3 Å². The first-order chi connectivity index (χ1) is 10.3. The van der Waals surface area contributed by atoms with Gasteiger partial charge < -0.3 is 14.8 Å². The van der Waals surface area contributed by atoms with Crippen molar-refractivity contribution in [3.8, 4) is 17.2 Å². The fourth-order valence-electron chi connectivity index (χ4n) is 2.14. The maximum Gasteiger partial charge on any atom is 0.145 e. The molecule has 1 atom stereocenters. The molecule has 0 radical (unpaired) electrons. The Bertz CT molecular complexity index is 538.